The number of hydrogen-bond acceptors (Lipinski definition) is 2. The van der Waals surface area contributed by atoms with Gasteiger partial charge in [-0.05, 0) is 36.6 Å². The van der Waals surface area contributed by atoms with Crippen molar-refractivity contribution < 1.29 is 4.74 Å². The van der Waals surface area contributed by atoms with Crippen molar-refractivity contribution >= 4 is 5.57 Å². The monoisotopic (exact) mass is 241 g/mol. The number of nitrogens with two attached hydrogens (primary N) is 1. The van der Waals surface area contributed by atoms with Crippen LogP contribution in [0.1, 0.15) is 17.5 Å². The van der Waals surface area contributed by atoms with Crippen LogP contribution in [0, 0.1) is 6.92 Å². The summed E-state index contributed by atoms with van der Waals surface area (Å²) in [4.78, 5) is 0. The van der Waals surface area contributed by atoms with Gasteiger partial charge in [0.15, 0.2) is 0 Å². The van der Waals surface area contributed by atoms with Crippen LogP contribution in [0.4, 0.5) is 0 Å². The predicted molar refractivity (Wildman–Crippen MR) is 76.0 cm³/mol. The Bertz CT molecular complexity index is 480. The first-order chi connectivity index (χ1) is 8.79. The van der Waals surface area contributed by atoms with Gasteiger partial charge in [-0.1, -0.05) is 42.0 Å². The summed E-state index contributed by atoms with van der Waals surface area (Å²) in [5, 5.41) is 0. The molecule has 94 valence electrons. The molecule has 0 spiro atoms. The third kappa shape index (κ3) is 3.34. The van der Waals surface area contributed by atoms with E-state index in [-0.39, 0.29) is 0 Å². The van der Waals surface area contributed by atoms with E-state index in [1.807, 2.05) is 6.08 Å². The molecule has 2 rings (SSSR count). The molecule has 0 saturated heterocycles. The molecule has 0 unspecified atom stereocenters. The topological polar surface area (TPSA) is 35.2 Å². The van der Waals surface area contributed by atoms with Crippen molar-refractivity contribution in [1.82, 2.24) is 0 Å². The molecule has 0 aromatic heterocycles. The fraction of sp³-hybridized carbons (Fsp3) is 0.250. The van der Waals surface area contributed by atoms with Gasteiger partial charge in [-0.2, -0.15) is 0 Å². The van der Waals surface area contributed by atoms with Crippen molar-refractivity contribution in [3.05, 3.63) is 65.5 Å². The lowest BCUT2D eigenvalue weighted by Crippen LogP contribution is -2.07. The largest absolute Gasteiger partial charge is 0.493 e. The van der Waals surface area contributed by atoms with Gasteiger partial charge >= 0.3 is 0 Å². The number of hydrogen-bond donors (Lipinski definition) is 1. The second-order valence-corrected chi connectivity index (χ2v) is 4.34. The summed E-state index contributed by atoms with van der Waals surface area (Å²) in [5.41, 5.74) is 9.18. The molecule has 0 bridgehead atoms. The van der Waals surface area contributed by atoms with E-state index in [1.54, 1.807) is 0 Å². The van der Waals surface area contributed by atoms with Crippen molar-refractivity contribution in [3.8, 4) is 0 Å². The molecule has 0 radical (unpaired) electrons. The van der Waals surface area contributed by atoms with Crippen molar-refractivity contribution in [3.63, 3.8) is 0 Å². The average Bonchev–Trinajstić information content (AvgIpc) is 2.63. The summed E-state index contributed by atoms with van der Waals surface area (Å²) in [6, 6.07) is 8.57. The number of rotatable bonds is 4. The Labute approximate surface area is 108 Å². The lowest BCUT2D eigenvalue weighted by molar-refractivity contribution is 0.233. The number of aryl methyl sites for hydroxylation is 1. The van der Waals surface area contributed by atoms with E-state index in [0.717, 1.165) is 12.2 Å². The minimum Gasteiger partial charge on any atom is -0.493 e. The Kier molecular flexibility index (Phi) is 4.37. The van der Waals surface area contributed by atoms with E-state index in [0.29, 0.717) is 13.2 Å². The molecule has 0 saturated carbocycles. The molecule has 1 aliphatic rings. The van der Waals surface area contributed by atoms with E-state index in [9.17, 15) is 0 Å². The molecule has 1 aliphatic carbocycles. The first-order valence-corrected chi connectivity index (χ1v) is 6.28. The van der Waals surface area contributed by atoms with Crippen molar-refractivity contribution in [2.75, 3.05) is 13.2 Å². The van der Waals surface area contributed by atoms with Crippen LogP contribution in [0.25, 0.3) is 5.57 Å². The predicted octanol–water partition coefficient (Wildman–Crippen LogP) is 3.20. The summed E-state index contributed by atoms with van der Waals surface area (Å²) in [6.45, 7) is 3.21. The first kappa shape index (κ1) is 12.7. The summed E-state index contributed by atoms with van der Waals surface area (Å²) in [5.74, 6) is 0.902. The maximum Gasteiger partial charge on any atom is 0.115 e. The standard InChI is InChI=1S/C16H19NO/c1-13-5-7-15(8-6-13)14-3-2-4-16(10-9-14)18-12-11-17/h3-10H,2,11-12,17H2,1H3. The average molecular weight is 241 g/mol. The SMILES string of the molecule is Cc1ccc(C2=CCC=C(OCCN)C=C2)cc1. The van der Waals surface area contributed by atoms with Crippen LogP contribution >= 0.6 is 0 Å². The molecule has 0 fully saturated rings. The van der Waals surface area contributed by atoms with Gasteiger partial charge in [-0.3, -0.25) is 0 Å². The van der Waals surface area contributed by atoms with Gasteiger partial charge in [0.25, 0.3) is 0 Å². The first-order valence-electron chi connectivity index (χ1n) is 6.28. The summed E-state index contributed by atoms with van der Waals surface area (Å²) >= 11 is 0. The van der Waals surface area contributed by atoms with Gasteiger partial charge in [0, 0.05) is 6.54 Å². The van der Waals surface area contributed by atoms with Crippen LogP contribution in [0.15, 0.2) is 54.3 Å². The Balaban J connectivity index is 2.09. The van der Waals surface area contributed by atoms with Crippen LogP contribution in [0.5, 0.6) is 0 Å². The second-order valence-electron chi connectivity index (χ2n) is 4.34. The highest BCUT2D eigenvalue weighted by Crippen LogP contribution is 2.21. The van der Waals surface area contributed by atoms with Crippen molar-refractivity contribution in [2.24, 2.45) is 5.73 Å². The quantitative estimate of drug-likeness (QED) is 0.878. The molecule has 18 heavy (non-hydrogen) atoms. The van der Waals surface area contributed by atoms with Crippen LogP contribution < -0.4 is 5.73 Å². The van der Waals surface area contributed by atoms with Gasteiger partial charge in [0.05, 0.1) is 0 Å². The Morgan fingerprint density at radius 2 is 1.89 bits per heavy atom. The zero-order valence-corrected chi connectivity index (χ0v) is 10.7. The fourth-order valence-corrected chi connectivity index (χ4v) is 1.85. The van der Waals surface area contributed by atoms with E-state index in [2.05, 4.69) is 49.4 Å². The van der Waals surface area contributed by atoms with Crippen LogP contribution in [0.3, 0.4) is 0 Å². The minimum absolute atomic E-state index is 0.545. The van der Waals surface area contributed by atoms with Gasteiger partial charge in [0.1, 0.15) is 12.4 Å². The molecule has 0 aliphatic heterocycles. The molecule has 1 aromatic carbocycles. The summed E-state index contributed by atoms with van der Waals surface area (Å²) < 4.78 is 5.53. The normalized spacial score (nSPS) is 14.8. The van der Waals surface area contributed by atoms with Crippen molar-refractivity contribution in [1.29, 1.82) is 0 Å². The van der Waals surface area contributed by atoms with Gasteiger partial charge in [-0.15, -0.1) is 0 Å². The lowest BCUT2D eigenvalue weighted by Gasteiger charge is -2.04. The molecule has 1 aromatic rings. The number of allylic oxidation sites excluding steroid dienone is 5. The molecular formula is C16H19NO. The maximum absolute atomic E-state index is 5.53. The highest BCUT2D eigenvalue weighted by atomic mass is 16.5. The van der Waals surface area contributed by atoms with Crippen LogP contribution in [0.2, 0.25) is 0 Å². The second kappa shape index (κ2) is 6.22. The number of benzene rings is 1. The van der Waals surface area contributed by atoms with Crippen molar-refractivity contribution in [2.45, 2.75) is 13.3 Å². The minimum atomic E-state index is 0.545. The third-order valence-electron chi connectivity index (χ3n) is 2.86. The molecule has 2 nitrogen and oxygen atoms in total. The van der Waals surface area contributed by atoms with E-state index < -0.39 is 0 Å². The van der Waals surface area contributed by atoms with Gasteiger partial charge in [0.2, 0.25) is 0 Å². The molecular weight excluding hydrogens is 222 g/mol. The van der Waals surface area contributed by atoms with Crippen LogP contribution in [-0.4, -0.2) is 13.2 Å². The van der Waals surface area contributed by atoms with E-state index >= 15 is 0 Å². The highest BCUT2D eigenvalue weighted by Gasteiger charge is 2.02. The number of ether oxygens (including phenoxy) is 1. The van der Waals surface area contributed by atoms with Gasteiger partial charge in [-0.25, -0.2) is 0 Å². The van der Waals surface area contributed by atoms with E-state index in [4.69, 9.17) is 10.5 Å². The fourth-order valence-electron chi connectivity index (χ4n) is 1.85. The zero-order valence-electron chi connectivity index (χ0n) is 10.7. The molecule has 0 heterocycles. The van der Waals surface area contributed by atoms with Gasteiger partial charge < -0.3 is 10.5 Å². The summed E-state index contributed by atoms with van der Waals surface area (Å²) in [6.07, 6.45) is 9.28. The molecule has 2 heteroatoms. The Hall–Kier alpha value is -1.80. The molecule has 2 N–H and O–H groups in total. The third-order valence-corrected chi connectivity index (χ3v) is 2.86. The highest BCUT2D eigenvalue weighted by molar-refractivity contribution is 5.75. The molecule has 0 amide bonds. The lowest BCUT2D eigenvalue weighted by atomic mass is 10.0. The van der Waals surface area contributed by atoms with Crippen LogP contribution in [-0.2, 0) is 4.74 Å². The van der Waals surface area contributed by atoms with E-state index in [1.165, 1.54) is 16.7 Å². The smallest absolute Gasteiger partial charge is 0.115 e. The molecule has 0 atom stereocenters. The summed E-state index contributed by atoms with van der Waals surface area (Å²) in [7, 11) is 0. The zero-order chi connectivity index (χ0) is 12.8. The Morgan fingerprint density at radius 3 is 2.61 bits per heavy atom. The Morgan fingerprint density at radius 1 is 1.11 bits per heavy atom. The maximum atomic E-state index is 5.53.